The Balaban J connectivity index is 1.51. The highest BCUT2D eigenvalue weighted by molar-refractivity contribution is 5.82. The van der Waals surface area contributed by atoms with E-state index in [4.69, 9.17) is 0 Å². The molecule has 2 unspecified atom stereocenters. The molecule has 4 nitrogen and oxygen atoms in total. The Morgan fingerprint density at radius 2 is 1.65 bits per heavy atom. The van der Waals surface area contributed by atoms with Crippen molar-refractivity contribution in [2.24, 2.45) is 0 Å². The highest BCUT2D eigenvalue weighted by Gasteiger charge is 2.31. The maximum atomic E-state index is 13.0. The van der Waals surface area contributed by atoms with E-state index in [1.165, 1.54) is 44.2 Å². The van der Waals surface area contributed by atoms with Gasteiger partial charge < -0.3 is 5.32 Å². The zero-order valence-electron chi connectivity index (χ0n) is 13.5. The SMILES string of the molecule is O=C(NC1CCCCCCC1)C1CC(c2ccc(F)cc2)NN1. The highest BCUT2D eigenvalue weighted by atomic mass is 19.1. The number of hydrogen-bond acceptors (Lipinski definition) is 3. The Kier molecular flexibility index (Phi) is 5.62. The van der Waals surface area contributed by atoms with Crippen LogP contribution < -0.4 is 16.2 Å². The number of nitrogens with one attached hydrogen (secondary N) is 3. The fourth-order valence-corrected chi connectivity index (χ4v) is 3.54. The van der Waals surface area contributed by atoms with Crippen LogP contribution in [0.4, 0.5) is 4.39 Å². The van der Waals surface area contributed by atoms with E-state index >= 15 is 0 Å². The third-order valence-electron chi connectivity index (χ3n) is 4.94. The molecule has 2 atom stereocenters. The summed E-state index contributed by atoms with van der Waals surface area (Å²) in [5, 5.41) is 3.21. The zero-order valence-corrected chi connectivity index (χ0v) is 13.5. The summed E-state index contributed by atoms with van der Waals surface area (Å²) < 4.78 is 13.0. The molecule has 1 aliphatic heterocycles. The van der Waals surface area contributed by atoms with E-state index in [0.29, 0.717) is 12.5 Å². The van der Waals surface area contributed by atoms with Gasteiger partial charge in [-0.1, -0.05) is 44.2 Å². The predicted molar refractivity (Wildman–Crippen MR) is 88.1 cm³/mol. The summed E-state index contributed by atoms with van der Waals surface area (Å²) in [5.74, 6) is -0.161. The first-order valence-corrected chi connectivity index (χ1v) is 8.79. The molecule has 23 heavy (non-hydrogen) atoms. The average molecular weight is 319 g/mol. The fraction of sp³-hybridized carbons (Fsp3) is 0.611. The molecular formula is C18H26FN3O. The first kappa shape index (κ1) is 16.4. The standard InChI is InChI=1S/C18H26FN3O/c19-14-10-8-13(9-11-14)16-12-17(22-21-16)18(23)20-15-6-4-2-1-3-5-7-15/h8-11,15-17,21-22H,1-7,12H2,(H,20,23). The molecule has 0 radical (unpaired) electrons. The number of hydrazine groups is 1. The summed E-state index contributed by atoms with van der Waals surface area (Å²) in [7, 11) is 0. The first-order valence-electron chi connectivity index (χ1n) is 8.79. The molecule has 0 spiro atoms. The lowest BCUT2D eigenvalue weighted by Gasteiger charge is -2.22. The van der Waals surface area contributed by atoms with Crippen LogP contribution in [0.2, 0.25) is 0 Å². The summed E-state index contributed by atoms with van der Waals surface area (Å²) in [5.41, 5.74) is 7.23. The van der Waals surface area contributed by atoms with Crippen LogP contribution in [0.5, 0.6) is 0 Å². The zero-order chi connectivity index (χ0) is 16.1. The van der Waals surface area contributed by atoms with Gasteiger partial charge in [0.1, 0.15) is 11.9 Å². The lowest BCUT2D eigenvalue weighted by Crippen LogP contribution is -2.47. The molecule has 1 aromatic carbocycles. The van der Waals surface area contributed by atoms with Crippen LogP contribution in [-0.4, -0.2) is 18.0 Å². The van der Waals surface area contributed by atoms with Crippen LogP contribution in [0.25, 0.3) is 0 Å². The summed E-state index contributed by atoms with van der Waals surface area (Å²) in [6, 6.07) is 6.58. The second kappa shape index (κ2) is 7.88. The molecule has 0 aromatic heterocycles. The van der Waals surface area contributed by atoms with Gasteiger partial charge in [0.25, 0.3) is 0 Å². The third kappa shape index (κ3) is 4.52. The molecule has 3 N–H and O–H groups in total. The Morgan fingerprint density at radius 1 is 1.00 bits per heavy atom. The number of amides is 1. The van der Waals surface area contributed by atoms with Crippen molar-refractivity contribution < 1.29 is 9.18 Å². The second-order valence-electron chi connectivity index (χ2n) is 6.73. The van der Waals surface area contributed by atoms with Gasteiger partial charge in [0, 0.05) is 12.1 Å². The van der Waals surface area contributed by atoms with Crippen molar-refractivity contribution in [1.82, 2.24) is 16.2 Å². The topological polar surface area (TPSA) is 53.2 Å². The summed E-state index contributed by atoms with van der Waals surface area (Å²) in [4.78, 5) is 12.5. The van der Waals surface area contributed by atoms with Crippen molar-refractivity contribution in [3.05, 3.63) is 35.6 Å². The van der Waals surface area contributed by atoms with E-state index in [0.717, 1.165) is 18.4 Å². The van der Waals surface area contributed by atoms with E-state index in [1.807, 2.05) is 0 Å². The largest absolute Gasteiger partial charge is 0.352 e. The first-order chi connectivity index (χ1) is 11.2. The Bertz CT molecular complexity index is 512. The van der Waals surface area contributed by atoms with Crippen LogP contribution in [0, 0.1) is 5.82 Å². The Hall–Kier alpha value is -1.46. The fourth-order valence-electron chi connectivity index (χ4n) is 3.54. The van der Waals surface area contributed by atoms with Crippen LogP contribution in [-0.2, 0) is 4.79 Å². The van der Waals surface area contributed by atoms with E-state index in [-0.39, 0.29) is 23.8 Å². The van der Waals surface area contributed by atoms with Crippen molar-refractivity contribution in [3.8, 4) is 0 Å². The quantitative estimate of drug-likeness (QED) is 0.803. The molecule has 2 fully saturated rings. The predicted octanol–water partition coefficient (Wildman–Crippen LogP) is 2.96. The Morgan fingerprint density at radius 3 is 2.35 bits per heavy atom. The molecule has 126 valence electrons. The van der Waals surface area contributed by atoms with Crippen molar-refractivity contribution in [1.29, 1.82) is 0 Å². The van der Waals surface area contributed by atoms with Gasteiger partial charge in [0.05, 0.1) is 0 Å². The molecule has 1 amide bonds. The number of rotatable bonds is 3. The van der Waals surface area contributed by atoms with Gasteiger partial charge in [-0.25, -0.2) is 15.2 Å². The smallest absolute Gasteiger partial charge is 0.238 e. The monoisotopic (exact) mass is 319 g/mol. The third-order valence-corrected chi connectivity index (χ3v) is 4.94. The normalized spacial score (nSPS) is 26.5. The van der Waals surface area contributed by atoms with Gasteiger partial charge in [0.15, 0.2) is 0 Å². The van der Waals surface area contributed by atoms with Gasteiger partial charge in [-0.2, -0.15) is 0 Å². The summed E-state index contributed by atoms with van der Waals surface area (Å²) in [6.45, 7) is 0. The van der Waals surface area contributed by atoms with E-state index in [2.05, 4.69) is 16.2 Å². The second-order valence-corrected chi connectivity index (χ2v) is 6.73. The maximum Gasteiger partial charge on any atom is 0.238 e. The van der Waals surface area contributed by atoms with Crippen molar-refractivity contribution in [2.45, 2.75) is 69.5 Å². The average Bonchev–Trinajstić information content (AvgIpc) is 3.00. The lowest BCUT2D eigenvalue weighted by molar-refractivity contribution is -0.123. The molecule has 0 bridgehead atoms. The van der Waals surface area contributed by atoms with Gasteiger partial charge >= 0.3 is 0 Å². The van der Waals surface area contributed by atoms with Crippen molar-refractivity contribution in [2.75, 3.05) is 0 Å². The number of halogens is 1. The number of carbonyl (C=O) groups excluding carboxylic acids is 1. The van der Waals surface area contributed by atoms with Crippen LogP contribution in [0.3, 0.4) is 0 Å². The summed E-state index contributed by atoms with van der Waals surface area (Å²) >= 11 is 0. The van der Waals surface area contributed by atoms with E-state index < -0.39 is 0 Å². The number of hydrogen-bond donors (Lipinski definition) is 3. The van der Waals surface area contributed by atoms with Crippen LogP contribution in [0.1, 0.15) is 63.0 Å². The van der Waals surface area contributed by atoms with Crippen molar-refractivity contribution in [3.63, 3.8) is 0 Å². The minimum Gasteiger partial charge on any atom is -0.352 e. The van der Waals surface area contributed by atoms with Crippen molar-refractivity contribution >= 4 is 5.91 Å². The van der Waals surface area contributed by atoms with Gasteiger partial charge in [-0.3, -0.25) is 4.79 Å². The molecule has 3 rings (SSSR count). The van der Waals surface area contributed by atoms with E-state index in [1.54, 1.807) is 12.1 Å². The number of carbonyl (C=O) groups is 1. The molecule has 1 aliphatic carbocycles. The maximum absolute atomic E-state index is 13.0. The molecular weight excluding hydrogens is 293 g/mol. The lowest BCUT2D eigenvalue weighted by atomic mass is 9.96. The number of benzene rings is 1. The van der Waals surface area contributed by atoms with Crippen LogP contribution in [0.15, 0.2) is 24.3 Å². The molecule has 2 aliphatic rings. The molecule has 1 heterocycles. The molecule has 1 saturated heterocycles. The summed E-state index contributed by atoms with van der Waals surface area (Å²) in [6.07, 6.45) is 9.17. The van der Waals surface area contributed by atoms with Crippen LogP contribution >= 0.6 is 0 Å². The molecule has 1 aromatic rings. The minimum atomic E-state index is -0.238. The Labute approximate surface area is 137 Å². The van der Waals surface area contributed by atoms with Gasteiger partial charge in [0.2, 0.25) is 5.91 Å². The molecule has 5 heteroatoms. The minimum absolute atomic E-state index is 0.0451. The highest BCUT2D eigenvalue weighted by Crippen LogP contribution is 2.23. The van der Waals surface area contributed by atoms with Gasteiger partial charge in [-0.15, -0.1) is 0 Å². The van der Waals surface area contributed by atoms with Gasteiger partial charge in [-0.05, 0) is 37.0 Å². The molecule has 1 saturated carbocycles. The van der Waals surface area contributed by atoms with E-state index in [9.17, 15) is 9.18 Å².